The van der Waals surface area contributed by atoms with Gasteiger partial charge in [-0.25, -0.2) is 16.8 Å². The zero-order valence-corrected chi connectivity index (χ0v) is 26.5. The van der Waals surface area contributed by atoms with Gasteiger partial charge in [0.2, 0.25) is 0 Å². The quantitative estimate of drug-likeness (QED) is 0.127. The van der Waals surface area contributed by atoms with Gasteiger partial charge < -0.3 is 33.5 Å². The van der Waals surface area contributed by atoms with Crippen molar-refractivity contribution in [3.8, 4) is 0 Å². The third-order valence-electron chi connectivity index (χ3n) is 8.57. The van der Waals surface area contributed by atoms with Crippen molar-refractivity contribution >= 4 is 44.1 Å². The number of ether oxygens (including phenoxy) is 3. The van der Waals surface area contributed by atoms with Gasteiger partial charge in [0, 0.05) is 5.92 Å². The molecule has 0 spiro atoms. The molecule has 8 aliphatic rings. The van der Waals surface area contributed by atoms with E-state index in [0.717, 1.165) is 38.5 Å². The summed E-state index contributed by atoms with van der Waals surface area (Å²) in [6.45, 7) is 0. The molecule has 0 amide bonds. The third kappa shape index (κ3) is 10.3. The van der Waals surface area contributed by atoms with E-state index in [1.807, 2.05) is 0 Å². The maximum atomic E-state index is 11.8. The summed E-state index contributed by atoms with van der Waals surface area (Å²) in [6, 6.07) is 0. The Kier molecular flexibility index (Phi) is 13.1. The molecule has 8 fully saturated rings. The van der Waals surface area contributed by atoms with E-state index in [4.69, 9.17) is 19.3 Å². The fraction of sp³-hybridized carbons (Fsp3) is 0.840. The van der Waals surface area contributed by atoms with E-state index in [9.17, 15) is 50.2 Å². The van der Waals surface area contributed by atoms with Crippen molar-refractivity contribution in [1.29, 1.82) is 0 Å². The summed E-state index contributed by atoms with van der Waals surface area (Å²) < 4.78 is 75.9. The second kappa shape index (κ2) is 14.8. The van der Waals surface area contributed by atoms with Crippen LogP contribution in [0.4, 0.5) is 0 Å². The van der Waals surface area contributed by atoms with Crippen molar-refractivity contribution in [1.82, 2.24) is 0 Å². The minimum absolute atomic E-state index is 0. The Balaban J connectivity index is 0.000000243. The average molecular weight is 664 g/mol. The molecule has 10 unspecified atom stereocenters. The van der Waals surface area contributed by atoms with E-state index in [1.54, 1.807) is 0 Å². The molecule has 4 aliphatic carbocycles. The summed E-state index contributed by atoms with van der Waals surface area (Å²) in [5, 5.41) is 17.5. The maximum absolute atomic E-state index is 11.8. The maximum Gasteiger partial charge on any atom is 1.00 e. The number of aliphatic hydroxyl groups excluding tert-OH is 1. The van der Waals surface area contributed by atoms with Crippen LogP contribution >= 0.6 is 0 Å². The van der Waals surface area contributed by atoms with E-state index in [2.05, 4.69) is 0 Å². The summed E-state index contributed by atoms with van der Waals surface area (Å²) in [4.78, 5) is 44.2. The first-order valence-corrected chi connectivity index (χ1v) is 16.5. The molecule has 8 bridgehead atoms. The van der Waals surface area contributed by atoms with Gasteiger partial charge >= 0.3 is 53.4 Å². The van der Waals surface area contributed by atoms with Crippen LogP contribution in [0.25, 0.3) is 0 Å². The van der Waals surface area contributed by atoms with Crippen molar-refractivity contribution in [2.75, 3.05) is 11.5 Å². The Morgan fingerprint density at radius 1 is 0.767 bits per heavy atom. The van der Waals surface area contributed by atoms with Crippen LogP contribution in [0.3, 0.4) is 0 Å². The molecule has 43 heavy (non-hydrogen) atoms. The smallest absolute Gasteiger partial charge is 0.748 e. The number of carboxylic acids is 1. The van der Waals surface area contributed by atoms with Crippen molar-refractivity contribution in [3.05, 3.63) is 0 Å². The molecular weight excluding hydrogens is 627 g/mol. The molecule has 2 N–H and O–H groups in total. The van der Waals surface area contributed by atoms with Crippen LogP contribution in [0.1, 0.15) is 58.8 Å². The monoisotopic (exact) mass is 663 g/mol. The Bertz CT molecular complexity index is 1270. The minimum Gasteiger partial charge on any atom is -0.748 e. The number of fused-ring (bicyclic) bond motifs is 2. The minimum atomic E-state index is -4.65. The predicted octanol–water partition coefficient (Wildman–Crippen LogP) is -3.23. The number of rotatable bonds is 5. The number of hydrogen-bond donors (Lipinski definition) is 2. The van der Waals surface area contributed by atoms with Gasteiger partial charge in [0.15, 0.2) is 0 Å². The SMILES string of the molecule is C.O=C(CS(=O)(=O)[O-])OC1C2CC3CC(C2)C(=O)OC1C3.O=C(O)CS(=O)(=O)[O-].O=C1OC2CC3CC1CC(C3)C2O.[Na+]. The molecule has 0 aromatic rings. The summed E-state index contributed by atoms with van der Waals surface area (Å²) in [5.41, 5.74) is 0. The van der Waals surface area contributed by atoms with Crippen molar-refractivity contribution < 1.29 is 99.1 Å². The molecular formula is C25H36NaO15S2-. The molecule has 4 saturated carbocycles. The van der Waals surface area contributed by atoms with Crippen LogP contribution in [-0.4, -0.2) is 96.0 Å². The molecule has 0 aromatic carbocycles. The first-order chi connectivity index (χ1) is 19.0. The summed E-state index contributed by atoms with van der Waals surface area (Å²) in [6.07, 6.45) is 5.07. The first kappa shape index (κ1) is 37.8. The van der Waals surface area contributed by atoms with E-state index >= 15 is 0 Å². The summed E-state index contributed by atoms with van der Waals surface area (Å²) >= 11 is 0. The second-order valence-corrected chi connectivity index (χ2v) is 14.5. The van der Waals surface area contributed by atoms with E-state index < -0.39 is 55.9 Å². The van der Waals surface area contributed by atoms with Gasteiger partial charge in [0.25, 0.3) is 0 Å². The number of aliphatic hydroxyl groups is 1. The van der Waals surface area contributed by atoms with Crippen LogP contribution in [0.15, 0.2) is 0 Å². The van der Waals surface area contributed by atoms with Crippen LogP contribution < -0.4 is 29.6 Å². The molecule has 240 valence electrons. The Hall–Kier alpha value is -1.34. The number of carboxylic acid groups (broad SMARTS) is 1. The Morgan fingerprint density at radius 2 is 1.23 bits per heavy atom. The molecule has 4 saturated heterocycles. The number of carbonyl (C=O) groups excluding carboxylic acids is 3. The van der Waals surface area contributed by atoms with Gasteiger partial charge in [0.1, 0.15) is 50.1 Å². The molecule has 0 aromatic heterocycles. The Morgan fingerprint density at radius 3 is 1.72 bits per heavy atom. The van der Waals surface area contributed by atoms with E-state index in [0.29, 0.717) is 30.6 Å². The number of carbonyl (C=O) groups is 4. The van der Waals surface area contributed by atoms with Crippen LogP contribution in [0.2, 0.25) is 0 Å². The average Bonchev–Trinajstić information content (AvgIpc) is 3.07. The largest absolute Gasteiger partial charge is 1.00 e. The third-order valence-corrected chi connectivity index (χ3v) is 9.76. The normalized spacial score (nSPS) is 36.4. The number of aliphatic carboxylic acids is 1. The standard InChI is InChI=1S/C12H16O7S.C10H14O3.C2H4O5S.CH4.Na/c13-10(5-20(15,16)17)19-11-7-1-6-2-8(4-7)12(14)18-9(11)3-6;11-9-6-1-5-2-7(4-6)10(12)13-8(9)3-5;3-2(4)1-8(5,6)7;;/h6-9,11H,1-5H2,(H,15,16,17);5-9,11H,1-4H2;1H2,(H,3,4)(H,5,6,7);1H4;/q;;;;+1/p-2. The van der Waals surface area contributed by atoms with Gasteiger partial charge in [0.05, 0.1) is 17.9 Å². The number of hydrogen-bond acceptors (Lipinski definition) is 14. The van der Waals surface area contributed by atoms with Crippen LogP contribution in [-0.2, 0) is 53.6 Å². The van der Waals surface area contributed by atoms with Crippen molar-refractivity contribution in [2.24, 2.45) is 35.5 Å². The zero-order valence-electron chi connectivity index (χ0n) is 22.9. The molecule has 15 nitrogen and oxygen atoms in total. The van der Waals surface area contributed by atoms with Crippen LogP contribution in [0, 0.1) is 35.5 Å². The fourth-order valence-electron chi connectivity index (χ4n) is 7.20. The summed E-state index contributed by atoms with van der Waals surface area (Å²) in [5.74, 6) is -4.20. The van der Waals surface area contributed by atoms with Gasteiger partial charge in [-0.15, -0.1) is 0 Å². The van der Waals surface area contributed by atoms with Gasteiger partial charge in [-0.1, -0.05) is 7.43 Å². The topological polar surface area (TPSA) is 251 Å². The van der Waals surface area contributed by atoms with E-state index in [-0.39, 0.29) is 78.9 Å². The van der Waals surface area contributed by atoms with Gasteiger partial charge in [-0.3, -0.25) is 19.2 Å². The molecule has 8 rings (SSSR count). The second-order valence-electron chi connectivity index (χ2n) is 11.7. The molecule has 4 aliphatic heterocycles. The molecule has 4 heterocycles. The fourth-order valence-corrected chi connectivity index (χ4v) is 7.86. The predicted molar refractivity (Wildman–Crippen MR) is 137 cm³/mol. The van der Waals surface area contributed by atoms with Gasteiger partial charge in [-0.05, 0) is 69.1 Å². The summed E-state index contributed by atoms with van der Waals surface area (Å²) in [7, 11) is -9.22. The Labute approximate surface area is 272 Å². The zero-order chi connectivity index (χ0) is 30.3. The number of esters is 3. The van der Waals surface area contributed by atoms with Crippen molar-refractivity contribution in [2.45, 2.75) is 83.2 Å². The van der Waals surface area contributed by atoms with E-state index in [1.165, 1.54) is 0 Å². The molecule has 18 heteroatoms. The van der Waals surface area contributed by atoms with Gasteiger partial charge in [-0.2, -0.15) is 0 Å². The molecule has 10 atom stereocenters. The first-order valence-electron chi connectivity index (χ1n) is 13.3. The van der Waals surface area contributed by atoms with Crippen molar-refractivity contribution in [3.63, 3.8) is 0 Å². The molecule has 0 radical (unpaired) electrons. The van der Waals surface area contributed by atoms with Crippen LogP contribution in [0.5, 0.6) is 0 Å².